The summed E-state index contributed by atoms with van der Waals surface area (Å²) in [6.07, 6.45) is -0.291. The minimum Gasteiger partial charge on any atom is -0.356 e. The summed E-state index contributed by atoms with van der Waals surface area (Å²) in [5.41, 5.74) is 5.89. The third-order valence-electron chi connectivity index (χ3n) is 7.56. The number of anilines is 2. The first-order valence-corrected chi connectivity index (χ1v) is 14.6. The summed E-state index contributed by atoms with van der Waals surface area (Å²) in [5.74, 6) is 1.47. The van der Waals surface area contributed by atoms with Gasteiger partial charge in [0.1, 0.15) is 15.7 Å². The van der Waals surface area contributed by atoms with Crippen LogP contribution in [-0.4, -0.2) is 64.3 Å². The van der Waals surface area contributed by atoms with Gasteiger partial charge in [0.05, 0.1) is 34.3 Å². The highest BCUT2D eigenvalue weighted by atomic mass is 32.2. The Hall–Kier alpha value is -2.93. The van der Waals surface area contributed by atoms with E-state index in [1.807, 2.05) is 13.8 Å². The average molecular weight is 552 g/mol. The Bertz CT molecular complexity index is 1410. The summed E-state index contributed by atoms with van der Waals surface area (Å²) in [5, 5.41) is 8.30. The zero-order valence-electron chi connectivity index (χ0n) is 21.4. The standard InChI is InChI=1S/C25H32F3N7O2S/c1-24(2,29)16-6-10-34(11-7-16)21-20-15-30-35(19-5-3-4-17(14-19)25(26,27)28)22(20)33-23(32-21)31-18-8-12-38(36,37)13-9-18/h3-5,14-16,18H,6-13,29H2,1-2H3,(H,31,32,33). The summed E-state index contributed by atoms with van der Waals surface area (Å²) >= 11 is 0. The van der Waals surface area contributed by atoms with Gasteiger partial charge in [-0.2, -0.15) is 28.2 Å². The molecule has 1 aromatic carbocycles. The SMILES string of the molecule is CC(C)(N)C1CCN(c2nc(NC3CCS(=O)(=O)CC3)nc3c2cnn3-c2cccc(C(F)(F)F)c2)CC1. The molecule has 0 saturated carbocycles. The fourth-order valence-corrected chi connectivity index (χ4v) is 6.75. The van der Waals surface area contributed by atoms with Gasteiger partial charge in [-0.1, -0.05) is 6.07 Å². The number of hydrogen-bond acceptors (Lipinski definition) is 8. The Kier molecular flexibility index (Phi) is 6.79. The zero-order valence-corrected chi connectivity index (χ0v) is 22.2. The van der Waals surface area contributed by atoms with Gasteiger partial charge >= 0.3 is 6.18 Å². The molecule has 38 heavy (non-hydrogen) atoms. The number of nitrogens with zero attached hydrogens (tertiary/aromatic N) is 5. The highest BCUT2D eigenvalue weighted by molar-refractivity contribution is 7.91. The molecule has 2 fully saturated rings. The van der Waals surface area contributed by atoms with Crippen molar-refractivity contribution >= 4 is 32.6 Å². The predicted octanol–water partition coefficient (Wildman–Crippen LogP) is 3.78. The maximum atomic E-state index is 13.4. The minimum absolute atomic E-state index is 0.0876. The second kappa shape index (κ2) is 9.67. The zero-order chi connectivity index (χ0) is 27.3. The van der Waals surface area contributed by atoms with Crippen LogP contribution >= 0.6 is 0 Å². The van der Waals surface area contributed by atoms with Crippen molar-refractivity contribution in [3.63, 3.8) is 0 Å². The van der Waals surface area contributed by atoms with Crippen LogP contribution in [0.4, 0.5) is 24.9 Å². The lowest BCUT2D eigenvalue weighted by Crippen LogP contribution is -2.47. The molecule has 0 amide bonds. The van der Waals surface area contributed by atoms with Crippen molar-refractivity contribution in [2.24, 2.45) is 11.7 Å². The number of benzene rings is 1. The number of nitrogens with one attached hydrogen (secondary N) is 1. The molecule has 3 N–H and O–H groups in total. The fourth-order valence-electron chi connectivity index (χ4n) is 5.25. The molecule has 2 saturated heterocycles. The molecule has 0 bridgehead atoms. The van der Waals surface area contributed by atoms with Crippen LogP contribution in [0.2, 0.25) is 0 Å². The number of halogens is 3. The van der Waals surface area contributed by atoms with E-state index >= 15 is 0 Å². The normalized spacial score (nSPS) is 19.7. The molecule has 2 aromatic heterocycles. The molecule has 0 aliphatic carbocycles. The van der Waals surface area contributed by atoms with Gasteiger partial charge in [-0.25, -0.2) is 13.1 Å². The van der Waals surface area contributed by atoms with E-state index < -0.39 is 21.6 Å². The Morgan fingerprint density at radius 1 is 1.05 bits per heavy atom. The van der Waals surface area contributed by atoms with Crippen LogP contribution in [0.3, 0.4) is 0 Å². The van der Waals surface area contributed by atoms with E-state index in [1.165, 1.54) is 10.7 Å². The Morgan fingerprint density at radius 2 is 1.74 bits per heavy atom. The lowest BCUT2D eigenvalue weighted by Gasteiger charge is -2.39. The van der Waals surface area contributed by atoms with Crippen LogP contribution in [0.15, 0.2) is 30.5 Å². The highest BCUT2D eigenvalue weighted by Gasteiger charge is 2.33. The minimum atomic E-state index is -4.49. The van der Waals surface area contributed by atoms with Gasteiger partial charge in [0.25, 0.3) is 0 Å². The molecule has 0 unspecified atom stereocenters. The maximum absolute atomic E-state index is 13.4. The van der Waals surface area contributed by atoms with Gasteiger partial charge in [0.2, 0.25) is 5.95 Å². The van der Waals surface area contributed by atoms with Crippen molar-refractivity contribution in [2.45, 2.75) is 57.3 Å². The first-order chi connectivity index (χ1) is 17.8. The molecule has 0 radical (unpaired) electrons. The van der Waals surface area contributed by atoms with Crippen LogP contribution < -0.4 is 16.0 Å². The van der Waals surface area contributed by atoms with Crippen molar-refractivity contribution in [1.82, 2.24) is 19.7 Å². The van der Waals surface area contributed by atoms with E-state index in [4.69, 9.17) is 10.7 Å². The summed E-state index contributed by atoms with van der Waals surface area (Å²) in [6, 6.07) is 4.83. The van der Waals surface area contributed by atoms with Gasteiger partial charge in [-0.3, -0.25) is 0 Å². The van der Waals surface area contributed by atoms with Crippen LogP contribution in [0.5, 0.6) is 0 Å². The Morgan fingerprint density at radius 3 is 2.37 bits per heavy atom. The fraction of sp³-hybridized carbons (Fsp3) is 0.560. The van der Waals surface area contributed by atoms with Crippen molar-refractivity contribution in [1.29, 1.82) is 0 Å². The molecular formula is C25H32F3N7O2S. The summed E-state index contributed by atoms with van der Waals surface area (Å²) in [7, 11) is -3.04. The molecule has 2 aliphatic heterocycles. The van der Waals surface area contributed by atoms with Gasteiger partial charge in [-0.15, -0.1) is 0 Å². The van der Waals surface area contributed by atoms with Crippen LogP contribution in [0.1, 0.15) is 45.1 Å². The molecule has 2 aliphatic rings. The lowest BCUT2D eigenvalue weighted by molar-refractivity contribution is -0.137. The van der Waals surface area contributed by atoms with E-state index in [0.29, 0.717) is 54.6 Å². The third-order valence-corrected chi connectivity index (χ3v) is 9.28. The molecule has 9 nitrogen and oxygen atoms in total. The predicted molar refractivity (Wildman–Crippen MR) is 140 cm³/mol. The Labute approximate surface area is 219 Å². The molecule has 0 atom stereocenters. The van der Waals surface area contributed by atoms with Crippen molar-refractivity contribution < 1.29 is 21.6 Å². The average Bonchev–Trinajstić information content (AvgIpc) is 3.28. The largest absolute Gasteiger partial charge is 0.416 e. The van der Waals surface area contributed by atoms with Gasteiger partial charge in [0.15, 0.2) is 5.65 Å². The molecule has 5 rings (SSSR count). The summed E-state index contributed by atoms with van der Waals surface area (Å²) in [4.78, 5) is 11.6. The molecule has 3 aromatic rings. The maximum Gasteiger partial charge on any atom is 0.416 e. The molecule has 4 heterocycles. The lowest BCUT2D eigenvalue weighted by atomic mass is 9.81. The molecule has 0 spiro atoms. The summed E-state index contributed by atoms with van der Waals surface area (Å²) < 4.78 is 65.4. The second-order valence-corrected chi connectivity index (χ2v) is 13.2. The van der Waals surface area contributed by atoms with Crippen LogP contribution in [0, 0.1) is 5.92 Å². The number of fused-ring (bicyclic) bond motifs is 1. The van der Waals surface area contributed by atoms with E-state index in [-0.39, 0.29) is 28.8 Å². The number of piperidine rings is 1. The number of rotatable bonds is 5. The highest BCUT2D eigenvalue weighted by Crippen LogP contribution is 2.34. The Balaban J connectivity index is 1.53. The number of nitrogens with two attached hydrogens (primary N) is 1. The monoisotopic (exact) mass is 551 g/mol. The van der Waals surface area contributed by atoms with Gasteiger partial charge < -0.3 is 16.0 Å². The number of alkyl halides is 3. The quantitative estimate of drug-likeness (QED) is 0.492. The van der Waals surface area contributed by atoms with E-state index in [2.05, 4.69) is 20.3 Å². The van der Waals surface area contributed by atoms with Crippen molar-refractivity contribution in [3.05, 3.63) is 36.0 Å². The first-order valence-electron chi connectivity index (χ1n) is 12.7. The molecule has 206 valence electrons. The summed E-state index contributed by atoms with van der Waals surface area (Å²) in [6.45, 7) is 5.49. The molecular weight excluding hydrogens is 519 g/mol. The van der Waals surface area contributed by atoms with E-state index in [0.717, 1.165) is 25.0 Å². The molecule has 13 heteroatoms. The topological polar surface area (TPSA) is 119 Å². The van der Waals surface area contributed by atoms with Crippen molar-refractivity contribution in [2.75, 3.05) is 34.8 Å². The number of sulfone groups is 1. The van der Waals surface area contributed by atoms with E-state index in [1.54, 1.807) is 12.3 Å². The third kappa shape index (κ3) is 5.58. The number of hydrogen-bond donors (Lipinski definition) is 2. The number of aromatic nitrogens is 4. The smallest absolute Gasteiger partial charge is 0.356 e. The van der Waals surface area contributed by atoms with Crippen LogP contribution in [0.25, 0.3) is 16.7 Å². The van der Waals surface area contributed by atoms with Crippen LogP contribution in [-0.2, 0) is 16.0 Å². The second-order valence-electron chi connectivity index (χ2n) is 10.9. The first kappa shape index (κ1) is 26.7. The van der Waals surface area contributed by atoms with Gasteiger partial charge in [-0.05, 0) is 63.6 Å². The van der Waals surface area contributed by atoms with E-state index in [9.17, 15) is 21.6 Å². The van der Waals surface area contributed by atoms with Crippen molar-refractivity contribution in [3.8, 4) is 5.69 Å². The van der Waals surface area contributed by atoms with Gasteiger partial charge in [0, 0.05) is 24.7 Å².